The molecule has 0 saturated carbocycles. The molecule has 5 nitrogen and oxygen atoms in total. The van der Waals surface area contributed by atoms with Crippen molar-refractivity contribution in [2.45, 2.75) is 19.9 Å². The van der Waals surface area contributed by atoms with E-state index in [9.17, 15) is 14.0 Å². The van der Waals surface area contributed by atoms with Gasteiger partial charge in [0.2, 0.25) is 11.8 Å². The van der Waals surface area contributed by atoms with Gasteiger partial charge < -0.3 is 15.0 Å². The molecule has 142 valence electrons. The highest BCUT2D eigenvalue weighted by atomic mass is 35.5. The van der Waals surface area contributed by atoms with Crippen molar-refractivity contribution < 1.29 is 18.7 Å². The van der Waals surface area contributed by atoms with Crippen LogP contribution in [-0.2, 0) is 16.1 Å². The Morgan fingerprint density at radius 2 is 2.04 bits per heavy atom. The average Bonchev–Trinajstić information content (AvgIpc) is 3.05. The minimum atomic E-state index is -0.545. The third-order valence-electron chi connectivity index (χ3n) is 4.41. The fraction of sp³-hybridized carbons (Fsp3) is 0.300. The Morgan fingerprint density at radius 1 is 1.30 bits per heavy atom. The van der Waals surface area contributed by atoms with Crippen LogP contribution in [0.3, 0.4) is 0 Å². The van der Waals surface area contributed by atoms with E-state index in [1.54, 1.807) is 0 Å². The second-order valence-electron chi connectivity index (χ2n) is 6.30. The van der Waals surface area contributed by atoms with Crippen LogP contribution >= 0.6 is 11.6 Å². The summed E-state index contributed by atoms with van der Waals surface area (Å²) >= 11 is 5.79. The smallest absolute Gasteiger partial charge is 0.227 e. The van der Waals surface area contributed by atoms with Crippen molar-refractivity contribution in [1.29, 1.82) is 0 Å². The summed E-state index contributed by atoms with van der Waals surface area (Å²) in [5.74, 6) is -0.588. The molecule has 1 N–H and O–H groups in total. The highest BCUT2D eigenvalue weighted by Gasteiger charge is 2.35. The molecule has 0 spiro atoms. The quantitative estimate of drug-likeness (QED) is 0.820. The number of rotatable bonds is 6. The fourth-order valence-corrected chi connectivity index (χ4v) is 3.16. The molecule has 27 heavy (non-hydrogen) atoms. The first-order chi connectivity index (χ1) is 13.0. The number of halogens is 2. The first-order valence-electron chi connectivity index (χ1n) is 8.72. The summed E-state index contributed by atoms with van der Waals surface area (Å²) < 4.78 is 18.7. The van der Waals surface area contributed by atoms with Crippen LogP contribution in [-0.4, -0.2) is 25.0 Å². The van der Waals surface area contributed by atoms with Crippen LogP contribution in [0, 0.1) is 11.7 Å². The second kappa shape index (κ2) is 8.39. The monoisotopic (exact) mass is 390 g/mol. The third kappa shape index (κ3) is 4.57. The number of nitrogens with one attached hydrogen (secondary N) is 1. The summed E-state index contributed by atoms with van der Waals surface area (Å²) in [7, 11) is 0. The Labute approximate surface area is 162 Å². The van der Waals surface area contributed by atoms with Gasteiger partial charge in [0.05, 0.1) is 17.5 Å². The van der Waals surface area contributed by atoms with Gasteiger partial charge in [0.15, 0.2) is 0 Å². The van der Waals surface area contributed by atoms with Crippen molar-refractivity contribution in [3.05, 3.63) is 58.9 Å². The Hall–Kier alpha value is -2.60. The lowest BCUT2D eigenvalue weighted by atomic mass is 10.1. The van der Waals surface area contributed by atoms with Crippen molar-refractivity contribution >= 4 is 29.1 Å². The van der Waals surface area contributed by atoms with Gasteiger partial charge in [-0.05, 0) is 42.8 Å². The number of hydrogen-bond donors (Lipinski definition) is 1. The summed E-state index contributed by atoms with van der Waals surface area (Å²) in [5, 5.41) is 2.81. The van der Waals surface area contributed by atoms with E-state index in [4.69, 9.17) is 16.3 Å². The van der Waals surface area contributed by atoms with Gasteiger partial charge in [0.25, 0.3) is 0 Å². The van der Waals surface area contributed by atoms with Crippen molar-refractivity contribution in [3.63, 3.8) is 0 Å². The Balaban J connectivity index is 1.57. The maximum Gasteiger partial charge on any atom is 0.227 e. The Kier molecular flexibility index (Phi) is 5.96. The summed E-state index contributed by atoms with van der Waals surface area (Å²) in [5.41, 5.74) is 1.44. The summed E-state index contributed by atoms with van der Waals surface area (Å²) in [6, 6.07) is 11.6. The predicted octanol–water partition coefficient (Wildman–Crippen LogP) is 3.55. The largest absolute Gasteiger partial charge is 0.494 e. The van der Waals surface area contributed by atoms with Crippen molar-refractivity contribution in [2.24, 2.45) is 5.92 Å². The van der Waals surface area contributed by atoms with Crippen molar-refractivity contribution in [1.82, 2.24) is 5.32 Å². The number of carbonyl (C=O) groups is 2. The van der Waals surface area contributed by atoms with Crippen LogP contribution in [0.15, 0.2) is 42.5 Å². The first kappa shape index (κ1) is 19.2. The van der Waals surface area contributed by atoms with Gasteiger partial charge in [-0.3, -0.25) is 9.59 Å². The minimum Gasteiger partial charge on any atom is -0.494 e. The van der Waals surface area contributed by atoms with Gasteiger partial charge >= 0.3 is 0 Å². The lowest BCUT2D eigenvalue weighted by molar-refractivity contribution is -0.126. The molecule has 1 fully saturated rings. The van der Waals surface area contributed by atoms with E-state index in [-0.39, 0.29) is 29.8 Å². The molecule has 0 aromatic heterocycles. The Morgan fingerprint density at radius 3 is 2.70 bits per heavy atom. The highest BCUT2D eigenvalue weighted by Crippen LogP contribution is 2.28. The van der Waals surface area contributed by atoms with E-state index in [2.05, 4.69) is 5.32 Å². The maximum absolute atomic E-state index is 13.3. The minimum absolute atomic E-state index is 0.0521. The van der Waals surface area contributed by atoms with Crippen LogP contribution < -0.4 is 15.0 Å². The van der Waals surface area contributed by atoms with E-state index < -0.39 is 11.7 Å². The highest BCUT2D eigenvalue weighted by molar-refractivity contribution is 6.31. The first-order valence-corrected chi connectivity index (χ1v) is 9.10. The van der Waals surface area contributed by atoms with E-state index >= 15 is 0 Å². The molecule has 1 saturated heterocycles. The molecule has 0 bridgehead atoms. The number of benzene rings is 2. The van der Waals surface area contributed by atoms with E-state index in [1.807, 2.05) is 31.2 Å². The molecule has 2 amide bonds. The average molecular weight is 391 g/mol. The summed E-state index contributed by atoms with van der Waals surface area (Å²) in [6.07, 6.45) is 0.115. The number of amides is 2. The Bertz CT molecular complexity index is 842. The molecule has 0 radical (unpaired) electrons. The van der Waals surface area contributed by atoms with Crippen LogP contribution in [0.4, 0.5) is 10.1 Å². The zero-order valence-corrected chi connectivity index (χ0v) is 15.6. The fourth-order valence-electron chi connectivity index (χ4n) is 2.99. The second-order valence-corrected chi connectivity index (χ2v) is 6.71. The van der Waals surface area contributed by atoms with Gasteiger partial charge in [-0.2, -0.15) is 0 Å². The number of nitrogens with zero attached hydrogens (tertiary/aromatic N) is 1. The van der Waals surface area contributed by atoms with E-state index in [1.165, 1.54) is 23.1 Å². The van der Waals surface area contributed by atoms with Crippen LogP contribution in [0.5, 0.6) is 5.75 Å². The molecule has 7 heteroatoms. The molecule has 2 aromatic rings. The number of carbonyl (C=O) groups excluding carboxylic acids is 2. The maximum atomic E-state index is 13.3. The number of anilines is 1. The van der Waals surface area contributed by atoms with Crippen LogP contribution in [0.1, 0.15) is 18.9 Å². The zero-order chi connectivity index (χ0) is 19.4. The lowest BCUT2D eigenvalue weighted by Gasteiger charge is -2.17. The van der Waals surface area contributed by atoms with Gasteiger partial charge in [0, 0.05) is 25.2 Å². The lowest BCUT2D eigenvalue weighted by Crippen LogP contribution is -2.32. The van der Waals surface area contributed by atoms with E-state index in [0.29, 0.717) is 18.8 Å². The molecule has 1 aliphatic rings. The summed E-state index contributed by atoms with van der Waals surface area (Å²) in [4.78, 5) is 26.1. The van der Waals surface area contributed by atoms with Gasteiger partial charge in [0.1, 0.15) is 11.6 Å². The zero-order valence-electron chi connectivity index (χ0n) is 14.9. The number of ether oxygens (including phenoxy) is 1. The molecule has 1 heterocycles. The molecule has 0 aliphatic carbocycles. The van der Waals surface area contributed by atoms with Crippen LogP contribution in [0.25, 0.3) is 0 Å². The van der Waals surface area contributed by atoms with Crippen molar-refractivity contribution in [2.75, 3.05) is 18.1 Å². The number of hydrogen-bond acceptors (Lipinski definition) is 3. The van der Waals surface area contributed by atoms with E-state index in [0.717, 1.165) is 11.3 Å². The molecular weight excluding hydrogens is 371 g/mol. The molecule has 1 atom stereocenters. The van der Waals surface area contributed by atoms with Gasteiger partial charge in [-0.25, -0.2) is 4.39 Å². The predicted molar refractivity (Wildman–Crippen MR) is 101 cm³/mol. The van der Waals surface area contributed by atoms with Gasteiger partial charge in [-0.15, -0.1) is 0 Å². The topological polar surface area (TPSA) is 58.6 Å². The van der Waals surface area contributed by atoms with Gasteiger partial charge in [-0.1, -0.05) is 23.7 Å². The third-order valence-corrected chi connectivity index (χ3v) is 4.70. The molecular formula is C20H20ClFN2O3. The molecule has 3 rings (SSSR count). The normalized spacial score (nSPS) is 16.5. The van der Waals surface area contributed by atoms with Crippen LogP contribution in [0.2, 0.25) is 5.02 Å². The standard InChI is InChI=1S/C20H20ClFN2O3/c1-2-27-16-6-3-13(4-7-16)11-23-20(26)14-9-19(25)24(12-14)15-5-8-18(22)17(21)10-15/h3-8,10,14H,2,9,11-12H2,1H3,(H,23,26)/t14-/m0/s1. The SMILES string of the molecule is CCOc1ccc(CNC(=O)[C@H]2CC(=O)N(c3ccc(F)c(Cl)c3)C2)cc1. The molecule has 1 aliphatic heterocycles. The summed E-state index contributed by atoms with van der Waals surface area (Å²) in [6.45, 7) is 3.13. The molecule has 0 unspecified atom stereocenters. The molecule has 2 aromatic carbocycles. The van der Waals surface area contributed by atoms with Crippen molar-refractivity contribution in [3.8, 4) is 5.75 Å².